The molecule has 0 bridgehead atoms. The van der Waals surface area contributed by atoms with E-state index < -0.39 is 17.6 Å². The highest BCUT2D eigenvalue weighted by Crippen LogP contribution is 2.28. The molecule has 0 aliphatic heterocycles. The minimum atomic E-state index is -4.55. The zero-order valence-corrected chi connectivity index (χ0v) is 13.4. The van der Waals surface area contributed by atoms with Crippen molar-refractivity contribution in [3.63, 3.8) is 0 Å². The second-order valence-corrected chi connectivity index (χ2v) is 5.54. The molecular weight excluding hydrogens is 347 g/mol. The van der Waals surface area contributed by atoms with Crippen LogP contribution < -0.4 is 5.32 Å². The molecule has 0 aliphatic rings. The van der Waals surface area contributed by atoms with Crippen molar-refractivity contribution in [1.82, 2.24) is 25.3 Å². The number of carbonyl (C=O) groups is 1. The first-order valence-corrected chi connectivity index (χ1v) is 7.65. The summed E-state index contributed by atoms with van der Waals surface area (Å²) in [5.74, 6) is -0.666. The lowest BCUT2D eigenvalue weighted by atomic mass is 10.2. The van der Waals surface area contributed by atoms with Gasteiger partial charge in [0.2, 0.25) is 0 Å². The van der Waals surface area contributed by atoms with E-state index in [2.05, 4.69) is 20.6 Å². The number of alkyl halides is 3. The number of nitrogens with zero attached hydrogens (tertiary/aromatic N) is 4. The first-order chi connectivity index (χ1) is 12.4. The van der Waals surface area contributed by atoms with Crippen molar-refractivity contribution in [2.75, 3.05) is 0 Å². The molecule has 6 nitrogen and oxygen atoms in total. The maximum absolute atomic E-state index is 12.7. The quantitative estimate of drug-likeness (QED) is 0.758. The number of carbonyl (C=O) groups excluding carboxylic acids is 1. The maximum Gasteiger partial charge on any atom is 0.417 e. The van der Waals surface area contributed by atoms with Gasteiger partial charge in [-0.25, -0.2) is 4.68 Å². The summed E-state index contributed by atoms with van der Waals surface area (Å²) in [6, 6.07) is 10.4. The fourth-order valence-electron chi connectivity index (χ4n) is 2.26. The van der Waals surface area contributed by atoms with Crippen molar-refractivity contribution < 1.29 is 18.0 Å². The van der Waals surface area contributed by atoms with E-state index in [0.717, 1.165) is 17.8 Å². The van der Waals surface area contributed by atoms with Crippen LogP contribution >= 0.6 is 0 Å². The third kappa shape index (κ3) is 4.44. The normalized spacial score (nSPS) is 11.3. The molecule has 1 aromatic carbocycles. The summed E-state index contributed by atoms with van der Waals surface area (Å²) in [7, 11) is 0. The fourth-order valence-corrected chi connectivity index (χ4v) is 2.26. The van der Waals surface area contributed by atoms with Gasteiger partial charge < -0.3 is 5.32 Å². The molecule has 1 N–H and O–H groups in total. The molecule has 0 saturated carbocycles. The van der Waals surface area contributed by atoms with Crippen LogP contribution in [-0.4, -0.2) is 25.9 Å². The summed E-state index contributed by atoms with van der Waals surface area (Å²) >= 11 is 0. The van der Waals surface area contributed by atoms with E-state index in [1.807, 2.05) is 30.3 Å². The molecule has 9 heteroatoms. The zero-order chi connectivity index (χ0) is 18.6. The minimum Gasteiger partial charge on any atom is -0.346 e. The summed E-state index contributed by atoms with van der Waals surface area (Å²) in [6.07, 6.45) is -1.14. The molecule has 1 amide bonds. The average molecular weight is 361 g/mol. The highest BCUT2D eigenvalue weighted by molar-refractivity contribution is 5.93. The van der Waals surface area contributed by atoms with Gasteiger partial charge in [-0.05, 0) is 11.6 Å². The molecule has 3 aromatic rings. The van der Waals surface area contributed by atoms with Crippen LogP contribution in [0.15, 0.2) is 55.0 Å². The second-order valence-electron chi connectivity index (χ2n) is 5.54. The van der Waals surface area contributed by atoms with Crippen LogP contribution in [0.4, 0.5) is 13.2 Å². The number of hydrogen-bond acceptors (Lipinski definition) is 4. The van der Waals surface area contributed by atoms with Crippen molar-refractivity contribution >= 4 is 5.91 Å². The monoisotopic (exact) mass is 361 g/mol. The van der Waals surface area contributed by atoms with Gasteiger partial charge in [-0.2, -0.15) is 13.2 Å². The molecule has 26 heavy (non-hydrogen) atoms. The number of benzene rings is 1. The smallest absolute Gasteiger partial charge is 0.346 e. The number of rotatable bonds is 5. The number of nitrogens with one attached hydrogen (secondary N) is 1. The van der Waals surface area contributed by atoms with Gasteiger partial charge in [0.05, 0.1) is 30.4 Å². The van der Waals surface area contributed by atoms with E-state index in [4.69, 9.17) is 0 Å². The Morgan fingerprint density at radius 1 is 1.15 bits per heavy atom. The largest absolute Gasteiger partial charge is 0.417 e. The lowest BCUT2D eigenvalue weighted by Gasteiger charge is -2.08. The molecule has 0 atom stereocenters. The highest BCUT2D eigenvalue weighted by atomic mass is 19.4. The lowest BCUT2D eigenvalue weighted by Crippen LogP contribution is -2.23. The number of pyridine rings is 1. The molecule has 0 unspecified atom stereocenters. The Labute approximate surface area is 146 Å². The van der Waals surface area contributed by atoms with Gasteiger partial charge in [-0.15, -0.1) is 5.10 Å². The molecular formula is C17H14F3N5O. The molecule has 0 fully saturated rings. The molecule has 0 spiro atoms. The van der Waals surface area contributed by atoms with Gasteiger partial charge in [0.15, 0.2) is 0 Å². The molecule has 0 radical (unpaired) electrons. The van der Waals surface area contributed by atoms with Crippen molar-refractivity contribution in [3.8, 4) is 0 Å². The van der Waals surface area contributed by atoms with E-state index in [1.165, 1.54) is 0 Å². The molecule has 2 aromatic heterocycles. The van der Waals surface area contributed by atoms with Crippen LogP contribution in [0.5, 0.6) is 0 Å². The van der Waals surface area contributed by atoms with Gasteiger partial charge >= 0.3 is 6.18 Å². The maximum atomic E-state index is 12.7. The Kier molecular flexibility index (Phi) is 4.97. The van der Waals surface area contributed by atoms with Gasteiger partial charge in [0.1, 0.15) is 5.69 Å². The summed E-state index contributed by atoms with van der Waals surface area (Å²) in [4.78, 5) is 15.5. The van der Waals surface area contributed by atoms with Crippen LogP contribution in [0.1, 0.15) is 27.2 Å². The third-order valence-corrected chi connectivity index (χ3v) is 3.53. The SMILES string of the molecule is O=C(NCc1cn(Cc2ccccc2)nn1)c1cncc(C(F)(F)F)c1. The van der Waals surface area contributed by atoms with E-state index in [0.29, 0.717) is 18.4 Å². The van der Waals surface area contributed by atoms with Gasteiger partial charge in [0, 0.05) is 12.4 Å². The van der Waals surface area contributed by atoms with Crippen molar-refractivity contribution in [3.05, 3.63) is 77.4 Å². The van der Waals surface area contributed by atoms with Crippen LogP contribution in [0.2, 0.25) is 0 Å². The number of halogens is 3. The van der Waals surface area contributed by atoms with Crippen LogP contribution in [-0.2, 0) is 19.3 Å². The Balaban J connectivity index is 1.60. The first-order valence-electron chi connectivity index (χ1n) is 7.65. The molecule has 0 saturated heterocycles. The Morgan fingerprint density at radius 3 is 2.65 bits per heavy atom. The molecule has 134 valence electrons. The summed E-state index contributed by atoms with van der Waals surface area (Å²) in [5, 5.41) is 10.4. The van der Waals surface area contributed by atoms with Gasteiger partial charge in [-0.1, -0.05) is 35.5 Å². The minimum absolute atomic E-state index is 0.0455. The summed E-state index contributed by atoms with van der Waals surface area (Å²) in [6.45, 7) is 0.573. The fraction of sp³-hybridized carbons (Fsp3) is 0.176. The highest BCUT2D eigenvalue weighted by Gasteiger charge is 2.31. The van der Waals surface area contributed by atoms with Crippen LogP contribution in [0, 0.1) is 0 Å². The van der Waals surface area contributed by atoms with Gasteiger partial charge in [-0.3, -0.25) is 9.78 Å². The van der Waals surface area contributed by atoms with Crippen molar-refractivity contribution in [1.29, 1.82) is 0 Å². The molecule has 2 heterocycles. The number of hydrogen-bond donors (Lipinski definition) is 1. The van der Waals surface area contributed by atoms with Crippen LogP contribution in [0.25, 0.3) is 0 Å². The van der Waals surface area contributed by atoms with E-state index in [9.17, 15) is 18.0 Å². The standard InChI is InChI=1S/C17H14F3N5O/c18-17(19,20)14-6-13(7-21-8-14)16(26)22-9-15-11-25(24-23-15)10-12-4-2-1-3-5-12/h1-8,11H,9-10H2,(H,22,26). The van der Waals surface area contributed by atoms with Gasteiger partial charge in [0.25, 0.3) is 5.91 Å². The predicted octanol–water partition coefficient (Wildman–Crippen LogP) is 2.67. The summed E-state index contributed by atoms with van der Waals surface area (Å²) in [5.41, 5.74) is 0.396. The van der Waals surface area contributed by atoms with Crippen molar-refractivity contribution in [2.24, 2.45) is 0 Å². The Bertz CT molecular complexity index is 893. The Hall–Kier alpha value is -3.23. The third-order valence-electron chi connectivity index (χ3n) is 3.53. The Morgan fingerprint density at radius 2 is 1.92 bits per heavy atom. The van der Waals surface area contributed by atoms with E-state index >= 15 is 0 Å². The molecule has 3 rings (SSSR count). The number of aromatic nitrogens is 4. The lowest BCUT2D eigenvalue weighted by molar-refractivity contribution is -0.137. The second kappa shape index (κ2) is 7.34. The topological polar surface area (TPSA) is 72.7 Å². The zero-order valence-electron chi connectivity index (χ0n) is 13.4. The predicted molar refractivity (Wildman–Crippen MR) is 86.0 cm³/mol. The van der Waals surface area contributed by atoms with Crippen molar-refractivity contribution in [2.45, 2.75) is 19.3 Å². The van der Waals surface area contributed by atoms with E-state index in [-0.39, 0.29) is 12.1 Å². The average Bonchev–Trinajstić information content (AvgIpc) is 3.07. The van der Waals surface area contributed by atoms with Crippen LogP contribution in [0.3, 0.4) is 0 Å². The molecule has 0 aliphatic carbocycles. The summed E-state index contributed by atoms with van der Waals surface area (Å²) < 4.78 is 39.6. The number of amides is 1. The van der Waals surface area contributed by atoms with E-state index in [1.54, 1.807) is 10.9 Å². The first kappa shape index (κ1) is 17.6.